The fourth-order valence-electron chi connectivity index (χ4n) is 5.27. The highest BCUT2D eigenvalue weighted by molar-refractivity contribution is 8.03. The highest BCUT2D eigenvalue weighted by Crippen LogP contribution is 2.52. The molecule has 0 spiro atoms. The summed E-state index contributed by atoms with van der Waals surface area (Å²) < 4.78 is 0. The first-order valence-electron chi connectivity index (χ1n) is 11.7. The number of nitrogens with one attached hydrogen (secondary N) is 2. The van der Waals surface area contributed by atoms with E-state index in [-0.39, 0.29) is 47.3 Å². The number of aliphatic carboxylic acids is 1. The number of carboxylic acids is 1. The first kappa shape index (κ1) is 24.7. The van der Waals surface area contributed by atoms with Gasteiger partial charge in [-0.05, 0) is 37.4 Å². The lowest BCUT2D eigenvalue weighted by molar-refractivity contribution is -0.163. The Hall–Kier alpha value is -2.40. The number of carbonyl (C=O) groups excluding carboxylic acids is 2. The third-order valence-corrected chi connectivity index (χ3v) is 8.48. The number of hydrogen-bond donors (Lipinski definition) is 5. The minimum Gasteiger partial charge on any atom is -0.477 e. The molecule has 2 fully saturated rings. The van der Waals surface area contributed by atoms with Crippen LogP contribution in [0.1, 0.15) is 37.4 Å². The van der Waals surface area contributed by atoms with Crippen LogP contribution in [0.25, 0.3) is 0 Å². The van der Waals surface area contributed by atoms with Gasteiger partial charge in [-0.2, -0.15) is 0 Å². The second-order valence-corrected chi connectivity index (χ2v) is 10.7. The third-order valence-electron chi connectivity index (χ3n) is 6.97. The summed E-state index contributed by atoms with van der Waals surface area (Å²) in [5.74, 6) is -2.41. The number of carbonyl (C=O) groups is 3. The molecule has 184 valence electrons. The topological polar surface area (TPSA) is 145 Å². The van der Waals surface area contributed by atoms with Crippen LogP contribution in [0, 0.1) is 11.8 Å². The largest absolute Gasteiger partial charge is 0.477 e. The van der Waals surface area contributed by atoms with Gasteiger partial charge < -0.3 is 31.5 Å². The Labute approximate surface area is 203 Å². The molecular weight excluding hydrogens is 456 g/mol. The van der Waals surface area contributed by atoms with Gasteiger partial charge in [0.1, 0.15) is 5.70 Å². The summed E-state index contributed by atoms with van der Waals surface area (Å²) in [7, 11) is 0. The standard InChI is InChI=1S/C24H32N4O5S/c1-12-20-19(13(2)29)23(31)28(20)21(24(32)33)22(12)34-16-9-17(27-10-16)15-5-3-14(4-6-15)7-8-26-11-18(25)30/h3-6,12-13,16-17,19-20,26-27,29H,7-11H2,1-2H3,(H2,25,30)(H,32,33)/t12-,13-,16+,17-,19-,20-/m1/s1. The number of aliphatic hydroxyl groups excluding tert-OH is 1. The Bertz CT molecular complexity index is 996. The van der Waals surface area contributed by atoms with Crippen LogP contribution in [0.2, 0.25) is 0 Å². The van der Waals surface area contributed by atoms with Crippen molar-refractivity contribution < 1.29 is 24.6 Å². The van der Waals surface area contributed by atoms with Gasteiger partial charge in [0.15, 0.2) is 0 Å². The maximum Gasteiger partial charge on any atom is 0.353 e. The summed E-state index contributed by atoms with van der Waals surface area (Å²) in [5.41, 5.74) is 7.56. The number of nitrogens with zero attached hydrogens (tertiary/aromatic N) is 1. The van der Waals surface area contributed by atoms with Crippen molar-refractivity contribution in [1.82, 2.24) is 15.5 Å². The summed E-state index contributed by atoms with van der Waals surface area (Å²) in [6.45, 7) is 5.14. The zero-order valence-electron chi connectivity index (χ0n) is 19.4. The van der Waals surface area contributed by atoms with Crippen molar-refractivity contribution in [3.05, 3.63) is 46.0 Å². The van der Waals surface area contributed by atoms with E-state index in [2.05, 4.69) is 34.9 Å². The molecule has 2 amide bonds. The van der Waals surface area contributed by atoms with E-state index in [1.54, 1.807) is 18.7 Å². The van der Waals surface area contributed by atoms with Gasteiger partial charge in [0.2, 0.25) is 11.8 Å². The highest BCUT2D eigenvalue weighted by Gasteiger charge is 2.60. The van der Waals surface area contributed by atoms with E-state index < -0.39 is 18.0 Å². The van der Waals surface area contributed by atoms with E-state index >= 15 is 0 Å². The fourth-order valence-corrected chi connectivity index (χ4v) is 6.74. The minimum absolute atomic E-state index is 0.0853. The molecule has 3 aliphatic rings. The van der Waals surface area contributed by atoms with E-state index in [0.29, 0.717) is 6.54 Å². The van der Waals surface area contributed by atoms with Crippen molar-refractivity contribution in [2.24, 2.45) is 17.6 Å². The van der Waals surface area contributed by atoms with Crippen LogP contribution in [0.3, 0.4) is 0 Å². The van der Waals surface area contributed by atoms with Crippen LogP contribution >= 0.6 is 11.8 Å². The van der Waals surface area contributed by atoms with Gasteiger partial charge in [-0.1, -0.05) is 31.2 Å². The molecule has 10 heteroatoms. The molecule has 0 bridgehead atoms. The molecule has 1 aromatic carbocycles. The predicted octanol–water partition coefficient (Wildman–Crippen LogP) is 0.594. The Morgan fingerprint density at radius 1 is 1.32 bits per heavy atom. The number of thioether (sulfide) groups is 1. The van der Waals surface area contributed by atoms with E-state index in [0.717, 1.165) is 24.3 Å². The normalized spacial score (nSPS) is 29.2. The minimum atomic E-state index is -1.09. The molecular formula is C24H32N4O5S. The molecule has 6 atom stereocenters. The SMILES string of the molecule is C[C@@H](O)[C@H]1C(=O)N2C(C(=O)O)=C(S[C@@H]3CN[C@@H](c4ccc(CCNCC(N)=O)cc4)C3)[C@H](C)[C@H]12. The fraction of sp³-hybridized carbons (Fsp3) is 0.542. The summed E-state index contributed by atoms with van der Waals surface area (Å²) in [4.78, 5) is 37.4. The Balaban J connectivity index is 1.37. The summed E-state index contributed by atoms with van der Waals surface area (Å²) >= 11 is 1.55. The molecule has 0 unspecified atom stereocenters. The van der Waals surface area contributed by atoms with Gasteiger partial charge in [0.05, 0.1) is 24.6 Å². The smallest absolute Gasteiger partial charge is 0.353 e. The molecule has 0 aliphatic carbocycles. The highest BCUT2D eigenvalue weighted by atomic mass is 32.2. The van der Waals surface area contributed by atoms with E-state index in [9.17, 15) is 24.6 Å². The van der Waals surface area contributed by atoms with Crippen molar-refractivity contribution in [3.63, 3.8) is 0 Å². The van der Waals surface area contributed by atoms with Gasteiger partial charge in [0.25, 0.3) is 0 Å². The number of β-lactam (4-membered cyclic amide) rings is 1. The number of fused-ring (bicyclic) bond motifs is 1. The number of hydrogen-bond acceptors (Lipinski definition) is 7. The van der Waals surface area contributed by atoms with E-state index in [1.165, 1.54) is 16.0 Å². The van der Waals surface area contributed by atoms with Crippen LogP contribution in [0.4, 0.5) is 0 Å². The third kappa shape index (κ3) is 4.72. The van der Waals surface area contributed by atoms with Gasteiger partial charge in [-0.3, -0.25) is 9.59 Å². The second-order valence-electron chi connectivity index (χ2n) is 9.34. The zero-order chi connectivity index (χ0) is 24.6. The van der Waals surface area contributed by atoms with Crippen molar-refractivity contribution in [2.45, 2.75) is 50.1 Å². The van der Waals surface area contributed by atoms with Gasteiger partial charge in [-0.25, -0.2) is 4.79 Å². The molecule has 3 heterocycles. The molecule has 2 saturated heterocycles. The van der Waals surface area contributed by atoms with Gasteiger partial charge in [0, 0.05) is 28.7 Å². The first-order chi connectivity index (χ1) is 16.2. The monoisotopic (exact) mass is 488 g/mol. The zero-order valence-corrected chi connectivity index (χ0v) is 20.2. The number of carboxylic acid groups (broad SMARTS) is 1. The Morgan fingerprint density at radius 3 is 2.65 bits per heavy atom. The van der Waals surface area contributed by atoms with E-state index in [4.69, 9.17) is 5.73 Å². The van der Waals surface area contributed by atoms with Crippen molar-refractivity contribution >= 4 is 29.5 Å². The number of nitrogens with two attached hydrogens (primary N) is 1. The number of amides is 2. The molecule has 0 saturated carbocycles. The number of primary amides is 1. The number of aliphatic hydroxyl groups is 1. The molecule has 1 aromatic rings. The van der Waals surface area contributed by atoms with Crippen molar-refractivity contribution in [2.75, 3.05) is 19.6 Å². The molecule has 34 heavy (non-hydrogen) atoms. The van der Waals surface area contributed by atoms with Gasteiger partial charge in [-0.15, -0.1) is 11.8 Å². The summed E-state index contributed by atoms with van der Waals surface area (Å²) in [6.07, 6.45) is 0.860. The average molecular weight is 489 g/mol. The lowest BCUT2D eigenvalue weighted by Crippen LogP contribution is -2.63. The average Bonchev–Trinajstić information content (AvgIpc) is 3.33. The van der Waals surface area contributed by atoms with Crippen molar-refractivity contribution in [3.8, 4) is 0 Å². The lowest BCUT2D eigenvalue weighted by Gasteiger charge is -2.46. The molecule has 3 aliphatic heterocycles. The molecule has 6 N–H and O–H groups in total. The van der Waals surface area contributed by atoms with Gasteiger partial charge >= 0.3 is 5.97 Å². The first-order valence-corrected chi connectivity index (χ1v) is 12.5. The maximum atomic E-state index is 12.5. The van der Waals surface area contributed by atoms with Crippen molar-refractivity contribution in [1.29, 1.82) is 0 Å². The molecule has 0 radical (unpaired) electrons. The van der Waals surface area contributed by atoms with E-state index in [1.807, 2.05) is 6.92 Å². The maximum absolute atomic E-state index is 12.5. The Kier molecular flexibility index (Phi) is 7.32. The van der Waals surface area contributed by atoms with Crippen LogP contribution < -0.4 is 16.4 Å². The van der Waals surface area contributed by atoms with Crippen LogP contribution in [0.5, 0.6) is 0 Å². The van der Waals surface area contributed by atoms with Crippen LogP contribution in [-0.2, 0) is 20.8 Å². The lowest BCUT2D eigenvalue weighted by atomic mass is 9.79. The Morgan fingerprint density at radius 2 is 2.03 bits per heavy atom. The molecule has 4 rings (SSSR count). The molecule has 9 nitrogen and oxygen atoms in total. The predicted molar refractivity (Wildman–Crippen MR) is 129 cm³/mol. The summed E-state index contributed by atoms with van der Waals surface area (Å²) in [6, 6.07) is 8.27. The van der Waals surface area contributed by atoms with Crippen LogP contribution in [0.15, 0.2) is 34.9 Å². The number of rotatable bonds is 10. The quantitative estimate of drug-likeness (QED) is 0.238. The second kappa shape index (κ2) is 10.1. The number of benzene rings is 1. The molecule has 0 aromatic heterocycles. The summed E-state index contributed by atoms with van der Waals surface area (Å²) in [5, 5.41) is 26.6. The van der Waals surface area contributed by atoms with Crippen LogP contribution in [-0.4, -0.2) is 69.9 Å².